The highest BCUT2D eigenvalue weighted by Crippen LogP contribution is 2.30. The standard InChI is InChI=1S/C23H23N3O2S2/c27-30(28,21-12-25-29-15-21)16-17-4-3-5-18(10-17)19-8-9-26(13-19)14-20-11-24-23-7-2-1-6-22(20)23/h1-7,10-12,15,19,24H,8-9,13-14,16H2. The molecule has 154 valence electrons. The van der Waals surface area contributed by atoms with Crippen LogP contribution in [-0.2, 0) is 22.1 Å². The predicted molar refractivity (Wildman–Crippen MR) is 120 cm³/mol. The van der Waals surface area contributed by atoms with Gasteiger partial charge in [0.1, 0.15) is 0 Å². The first-order valence-electron chi connectivity index (χ1n) is 10.1. The first-order valence-corrected chi connectivity index (χ1v) is 12.6. The van der Waals surface area contributed by atoms with Crippen molar-refractivity contribution >= 4 is 32.3 Å². The molecule has 1 saturated heterocycles. The molecule has 1 N–H and O–H groups in total. The van der Waals surface area contributed by atoms with E-state index in [0.717, 1.165) is 31.6 Å². The highest BCUT2D eigenvalue weighted by molar-refractivity contribution is 7.90. The van der Waals surface area contributed by atoms with E-state index in [1.54, 1.807) is 5.38 Å². The SMILES string of the molecule is O=S(=O)(Cc1cccc(C2CCN(Cc3c[nH]c4ccccc34)C2)c1)c1cnsc1. The Morgan fingerprint density at radius 3 is 2.93 bits per heavy atom. The van der Waals surface area contributed by atoms with Crippen LogP contribution in [0.4, 0.5) is 0 Å². The van der Waals surface area contributed by atoms with E-state index in [1.807, 2.05) is 12.1 Å². The van der Waals surface area contributed by atoms with Crippen LogP contribution >= 0.6 is 11.5 Å². The molecule has 0 saturated carbocycles. The minimum absolute atomic E-state index is 0.0189. The summed E-state index contributed by atoms with van der Waals surface area (Å²) in [5.41, 5.74) is 4.58. The van der Waals surface area contributed by atoms with Gasteiger partial charge in [-0.15, -0.1) is 0 Å². The number of sulfone groups is 1. The smallest absolute Gasteiger partial charge is 0.184 e. The van der Waals surface area contributed by atoms with Gasteiger partial charge in [-0.1, -0.05) is 42.5 Å². The molecule has 1 fully saturated rings. The van der Waals surface area contributed by atoms with Crippen molar-refractivity contribution in [2.24, 2.45) is 0 Å². The van der Waals surface area contributed by atoms with Crippen molar-refractivity contribution in [2.75, 3.05) is 13.1 Å². The average Bonchev–Trinajstić information content (AvgIpc) is 3.50. The summed E-state index contributed by atoms with van der Waals surface area (Å²) in [6, 6.07) is 16.5. The number of likely N-dealkylation sites (tertiary alicyclic amines) is 1. The minimum atomic E-state index is -3.34. The van der Waals surface area contributed by atoms with Crippen molar-refractivity contribution in [2.45, 2.75) is 29.5 Å². The number of aromatic amines is 1. The summed E-state index contributed by atoms with van der Waals surface area (Å²) in [7, 11) is -3.34. The Bertz CT molecular complexity index is 1260. The molecule has 30 heavy (non-hydrogen) atoms. The third-order valence-corrected chi connectivity index (χ3v) is 8.28. The molecule has 1 atom stereocenters. The number of H-pyrrole nitrogens is 1. The van der Waals surface area contributed by atoms with E-state index in [4.69, 9.17) is 0 Å². The first-order chi connectivity index (χ1) is 14.6. The van der Waals surface area contributed by atoms with Crippen LogP contribution < -0.4 is 0 Å². The van der Waals surface area contributed by atoms with Crippen LogP contribution in [0.5, 0.6) is 0 Å². The normalized spacial score (nSPS) is 17.7. The van der Waals surface area contributed by atoms with Gasteiger partial charge in [0.15, 0.2) is 9.84 Å². The molecule has 5 nitrogen and oxygen atoms in total. The summed E-state index contributed by atoms with van der Waals surface area (Å²) < 4.78 is 29.1. The Kier molecular flexibility index (Phi) is 5.18. The van der Waals surface area contributed by atoms with Crippen LogP contribution in [0.2, 0.25) is 0 Å². The molecule has 1 unspecified atom stereocenters. The van der Waals surface area contributed by atoms with Gasteiger partial charge in [-0.05, 0) is 53.2 Å². The Labute approximate surface area is 180 Å². The number of aromatic nitrogens is 2. The summed E-state index contributed by atoms with van der Waals surface area (Å²) in [6.07, 6.45) is 4.64. The van der Waals surface area contributed by atoms with Gasteiger partial charge in [0.2, 0.25) is 0 Å². The molecule has 0 aliphatic carbocycles. The second kappa shape index (κ2) is 7.98. The van der Waals surface area contributed by atoms with E-state index in [-0.39, 0.29) is 5.75 Å². The van der Waals surface area contributed by atoms with Gasteiger partial charge in [-0.3, -0.25) is 4.90 Å². The molecule has 0 spiro atoms. The summed E-state index contributed by atoms with van der Waals surface area (Å²) in [5, 5.41) is 2.88. The molecular weight excluding hydrogens is 414 g/mol. The number of para-hydroxylation sites is 1. The minimum Gasteiger partial charge on any atom is -0.361 e. The van der Waals surface area contributed by atoms with Crippen LogP contribution in [0, 0.1) is 0 Å². The zero-order valence-corrected chi connectivity index (χ0v) is 18.1. The van der Waals surface area contributed by atoms with Crippen molar-refractivity contribution in [3.8, 4) is 0 Å². The van der Waals surface area contributed by atoms with Gasteiger partial charge >= 0.3 is 0 Å². The van der Waals surface area contributed by atoms with E-state index >= 15 is 0 Å². The third kappa shape index (κ3) is 3.93. The molecule has 0 amide bonds. The van der Waals surface area contributed by atoms with E-state index in [9.17, 15) is 8.42 Å². The number of nitrogens with zero attached hydrogens (tertiary/aromatic N) is 2. The zero-order valence-electron chi connectivity index (χ0n) is 16.5. The molecule has 3 heterocycles. The van der Waals surface area contributed by atoms with Crippen molar-refractivity contribution in [3.63, 3.8) is 0 Å². The molecule has 4 aromatic rings. The van der Waals surface area contributed by atoms with Crippen LogP contribution in [0.3, 0.4) is 0 Å². The number of nitrogens with one attached hydrogen (secondary N) is 1. The fraction of sp³-hybridized carbons (Fsp3) is 0.261. The van der Waals surface area contributed by atoms with E-state index in [0.29, 0.717) is 10.8 Å². The van der Waals surface area contributed by atoms with Gasteiger partial charge in [-0.25, -0.2) is 8.42 Å². The quantitative estimate of drug-likeness (QED) is 0.479. The first kappa shape index (κ1) is 19.5. The Balaban J connectivity index is 1.28. The largest absolute Gasteiger partial charge is 0.361 e. The van der Waals surface area contributed by atoms with Crippen LogP contribution in [0.15, 0.2) is 71.2 Å². The number of rotatable bonds is 6. The monoisotopic (exact) mass is 437 g/mol. The lowest BCUT2D eigenvalue weighted by Crippen LogP contribution is -2.19. The fourth-order valence-corrected chi connectivity index (χ4v) is 6.52. The Morgan fingerprint density at radius 1 is 1.17 bits per heavy atom. The lowest BCUT2D eigenvalue weighted by Gasteiger charge is -2.16. The molecule has 0 bridgehead atoms. The van der Waals surface area contributed by atoms with Crippen LogP contribution in [-0.4, -0.2) is 35.8 Å². The maximum absolute atomic E-state index is 12.6. The molecular formula is C23H23N3O2S2. The molecule has 0 radical (unpaired) electrons. The maximum Gasteiger partial charge on any atom is 0.184 e. The Hall–Kier alpha value is -2.48. The molecule has 2 aromatic heterocycles. The van der Waals surface area contributed by atoms with Gasteiger partial charge in [0, 0.05) is 35.6 Å². The Morgan fingerprint density at radius 2 is 2.07 bits per heavy atom. The average molecular weight is 438 g/mol. The molecule has 7 heteroatoms. The van der Waals surface area contributed by atoms with Crippen molar-refractivity contribution in [1.29, 1.82) is 0 Å². The topological polar surface area (TPSA) is 66.1 Å². The number of hydrogen-bond donors (Lipinski definition) is 1. The highest BCUT2D eigenvalue weighted by Gasteiger charge is 2.25. The zero-order chi connectivity index (χ0) is 20.6. The van der Waals surface area contributed by atoms with Crippen molar-refractivity contribution in [3.05, 3.63) is 83.0 Å². The number of fused-ring (bicyclic) bond motifs is 1. The van der Waals surface area contributed by atoms with Crippen LogP contribution in [0.1, 0.15) is 29.0 Å². The lowest BCUT2D eigenvalue weighted by molar-refractivity contribution is 0.328. The number of benzene rings is 2. The second-order valence-corrected chi connectivity index (χ2v) is 10.6. The summed E-state index contributed by atoms with van der Waals surface area (Å²) in [5.74, 6) is 0.450. The maximum atomic E-state index is 12.6. The van der Waals surface area contributed by atoms with E-state index in [2.05, 4.69) is 56.9 Å². The fourth-order valence-electron chi connectivity index (χ4n) is 4.34. The molecule has 1 aliphatic heterocycles. The number of hydrogen-bond acceptors (Lipinski definition) is 5. The second-order valence-electron chi connectivity index (χ2n) is 7.94. The van der Waals surface area contributed by atoms with Crippen molar-refractivity contribution < 1.29 is 8.42 Å². The van der Waals surface area contributed by atoms with Gasteiger partial charge in [0.05, 0.1) is 16.8 Å². The summed E-state index contributed by atoms with van der Waals surface area (Å²) >= 11 is 1.17. The predicted octanol–water partition coefficient (Wildman–Crippen LogP) is 4.59. The van der Waals surface area contributed by atoms with E-state index in [1.165, 1.54) is 39.8 Å². The van der Waals surface area contributed by atoms with Crippen molar-refractivity contribution in [1.82, 2.24) is 14.3 Å². The summed E-state index contributed by atoms with van der Waals surface area (Å²) in [4.78, 5) is 6.15. The van der Waals surface area contributed by atoms with Gasteiger partial charge in [-0.2, -0.15) is 4.37 Å². The molecule has 5 rings (SSSR count). The van der Waals surface area contributed by atoms with E-state index < -0.39 is 9.84 Å². The lowest BCUT2D eigenvalue weighted by atomic mass is 9.97. The molecule has 1 aliphatic rings. The third-order valence-electron chi connectivity index (χ3n) is 5.89. The van der Waals surface area contributed by atoms with Crippen LogP contribution in [0.25, 0.3) is 10.9 Å². The highest BCUT2D eigenvalue weighted by atomic mass is 32.2. The van der Waals surface area contributed by atoms with Gasteiger partial charge < -0.3 is 4.98 Å². The summed E-state index contributed by atoms with van der Waals surface area (Å²) in [6.45, 7) is 2.97. The molecule has 2 aromatic carbocycles. The van der Waals surface area contributed by atoms with Gasteiger partial charge in [0.25, 0.3) is 0 Å².